The maximum absolute atomic E-state index is 10.9. The number of piperidine rings is 1. The van der Waals surface area contributed by atoms with Crippen LogP contribution in [-0.4, -0.2) is 18.0 Å². The van der Waals surface area contributed by atoms with Gasteiger partial charge >= 0.3 is 0 Å². The summed E-state index contributed by atoms with van der Waals surface area (Å²) in [6.07, 6.45) is 3.59. The van der Waals surface area contributed by atoms with E-state index in [4.69, 9.17) is 10.5 Å². The lowest BCUT2D eigenvalue weighted by atomic mass is 9.83. The topological polar surface area (TPSA) is 105 Å². The van der Waals surface area contributed by atoms with Crippen molar-refractivity contribution in [1.29, 1.82) is 5.26 Å². The average molecular weight is 376 g/mol. The number of nitro groups is 1. The summed E-state index contributed by atoms with van der Waals surface area (Å²) in [4.78, 5) is 12.8. The molecule has 1 atom stereocenters. The Labute approximate surface area is 162 Å². The van der Waals surface area contributed by atoms with Gasteiger partial charge in [0.05, 0.1) is 10.8 Å². The highest BCUT2D eigenvalue weighted by molar-refractivity contribution is 5.62. The number of nitrogens with zero attached hydrogens (tertiary/aromatic N) is 3. The number of fused-ring (bicyclic) bond motifs is 1. The Bertz CT molecular complexity index is 986. The van der Waals surface area contributed by atoms with Crippen LogP contribution in [0.2, 0.25) is 0 Å². The molecule has 142 valence electrons. The van der Waals surface area contributed by atoms with Gasteiger partial charge in [0, 0.05) is 42.5 Å². The summed E-state index contributed by atoms with van der Waals surface area (Å²) in [6, 6.07) is 14.3. The molecule has 0 radical (unpaired) electrons. The number of nitro benzene ring substituents is 1. The minimum atomic E-state index is -0.442. The monoisotopic (exact) mass is 376 g/mol. The summed E-state index contributed by atoms with van der Waals surface area (Å²) >= 11 is 0. The van der Waals surface area contributed by atoms with Crippen LogP contribution in [0.25, 0.3) is 0 Å². The summed E-state index contributed by atoms with van der Waals surface area (Å²) in [6.45, 7) is 2.03. The number of allylic oxidation sites excluding steroid dienone is 1. The van der Waals surface area contributed by atoms with Crippen LogP contribution in [0.3, 0.4) is 0 Å². The molecule has 2 aliphatic rings. The Balaban J connectivity index is 1.76. The van der Waals surface area contributed by atoms with Crippen molar-refractivity contribution in [3.63, 3.8) is 0 Å². The van der Waals surface area contributed by atoms with Gasteiger partial charge in [0.25, 0.3) is 5.69 Å². The number of non-ortho nitro benzene ring substituents is 1. The van der Waals surface area contributed by atoms with E-state index in [2.05, 4.69) is 11.0 Å². The lowest BCUT2D eigenvalue weighted by Crippen LogP contribution is -2.29. The lowest BCUT2D eigenvalue weighted by molar-refractivity contribution is -0.384. The second kappa shape index (κ2) is 7.24. The highest BCUT2D eigenvalue weighted by Crippen LogP contribution is 2.43. The third kappa shape index (κ3) is 3.14. The zero-order chi connectivity index (χ0) is 19.7. The van der Waals surface area contributed by atoms with Crippen LogP contribution in [0.4, 0.5) is 11.4 Å². The third-order valence-corrected chi connectivity index (χ3v) is 5.36. The number of ether oxygens (including phenoxy) is 1. The molecule has 0 spiro atoms. The molecule has 2 aliphatic heterocycles. The van der Waals surface area contributed by atoms with E-state index in [-0.39, 0.29) is 11.6 Å². The quantitative estimate of drug-likeness (QED) is 0.645. The molecule has 2 heterocycles. The summed E-state index contributed by atoms with van der Waals surface area (Å²) < 4.78 is 5.78. The predicted octanol–water partition coefficient (Wildman–Crippen LogP) is 3.80. The van der Waals surface area contributed by atoms with Crippen LogP contribution in [0.1, 0.15) is 36.3 Å². The first-order valence-corrected chi connectivity index (χ1v) is 9.29. The molecule has 1 unspecified atom stereocenters. The average Bonchev–Trinajstić information content (AvgIpc) is 2.73. The van der Waals surface area contributed by atoms with Crippen LogP contribution in [0, 0.1) is 21.4 Å². The minimum absolute atomic E-state index is 0.00642. The van der Waals surface area contributed by atoms with Crippen molar-refractivity contribution < 1.29 is 9.66 Å². The molecule has 7 nitrogen and oxygen atoms in total. The molecule has 0 saturated carbocycles. The maximum atomic E-state index is 10.9. The fourth-order valence-corrected chi connectivity index (χ4v) is 3.92. The first-order valence-electron chi connectivity index (χ1n) is 9.29. The van der Waals surface area contributed by atoms with Gasteiger partial charge in [0.2, 0.25) is 5.88 Å². The fourth-order valence-electron chi connectivity index (χ4n) is 3.92. The van der Waals surface area contributed by atoms with E-state index in [0.717, 1.165) is 29.9 Å². The summed E-state index contributed by atoms with van der Waals surface area (Å²) in [5, 5.41) is 20.6. The molecule has 2 N–H and O–H groups in total. The van der Waals surface area contributed by atoms with Crippen molar-refractivity contribution in [2.75, 3.05) is 18.0 Å². The van der Waals surface area contributed by atoms with Crippen molar-refractivity contribution in [2.45, 2.75) is 25.2 Å². The van der Waals surface area contributed by atoms with Crippen LogP contribution < -0.4 is 15.4 Å². The highest BCUT2D eigenvalue weighted by atomic mass is 16.6. The van der Waals surface area contributed by atoms with E-state index in [1.165, 1.54) is 31.4 Å². The smallest absolute Gasteiger partial charge is 0.269 e. The number of anilines is 1. The van der Waals surface area contributed by atoms with Gasteiger partial charge in [0.1, 0.15) is 17.4 Å². The van der Waals surface area contributed by atoms with Gasteiger partial charge in [-0.3, -0.25) is 10.1 Å². The zero-order valence-electron chi connectivity index (χ0n) is 15.3. The van der Waals surface area contributed by atoms with Crippen LogP contribution in [-0.2, 0) is 0 Å². The number of nitriles is 1. The molecule has 7 heteroatoms. The second-order valence-electron chi connectivity index (χ2n) is 7.04. The van der Waals surface area contributed by atoms with Crippen LogP contribution >= 0.6 is 0 Å². The number of nitrogens with two attached hydrogens (primary N) is 1. The van der Waals surface area contributed by atoms with E-state index in [1.54, 1.807) is 12.1 Å². The number of hydrogen-bond acceptors (Lipinski definition) is 6. The first-order chi connectivity index (χ1) is 13.6. The largest absolute Gasteiger partial charge is 0.440 e. The molecular formula is C21H20N4O3. The van der Waals surface area contributed by atoms with Gasteiger partial charge < -0.3 is 15.4 Å². The predicted molar refractivity (Wildman–Crippen MR) is 105 cm³/mol. The molecular weight excluding hydrogens is 356 g/mol. The molecule has 0 amide bonds. The van der Waals surface area contributed by atoms with Crippen molar-refractivity contribution >= 4 is 11.4 Å². The Hall–Kier alpha value is -3.53. The number of rotatable bonds is 3. The van der Waals surface area contributed by atoms with Crippen molar-refractivity contribution in [3.8, 4) is 11.8 Å². The normalized spacial score (nSPS) is 18.8. The number of benzene rings is 2. The van der Waals surface area contributed by atoms with Gasteiger partial charge in [-0.05, 0) is 30.9 Å². The van der Waals surface area contributed by atoms with E-state index in [0.29, 0.717) is 11.3 Å². The molecule has 0 aromatic heterocycles. The summed E-state index contributed by atoms with van der Waals surface area (Å²) in [5.41, 5.74) is 9.05. The standard InChI is InChI=1S/C21H20N4O3/c22-13-18-20(14-4-6-15(7-5-14)25(26)27)17-9-8-16(12-19(17)28-21(18)23)24-10-2-1-3-11-24/h4-9,12,20H,1-3,10-11,23H2. The molecule has 2 aromatic carbocycles. The maximum Gasteiger partial charge on any atom is 0.269 e. The molecule has 4 rings (SSSR count). The third-order valence-electron chi connectivity index (χ3n) is 5.36. The summed E-state index contributed by atoms with van der Waals surface area (Å²) in [5.74, 6) is 0.294. The Morgan fingerprint density at radius 3 is 2.50 bits per heavy atom. The molecule has 0 aliphatic carbocycles. The molecule has 28 heavy (non-hydrogen) atoms. The highest BCUT2D eigenvalue weighted by Gasteiger charge is 2.31. The van der Waals surface area contributed by atoms with E-state index >= 15 is 0 Å². The fraction of sp³-hybridized carbons (Fsp3) is 0.286. The molecule has 2 aromatic rings. The van der Waals surface area contributed by atoms with Crippen molar-refractivity contribution in [1.82, 2.24) is 0 Å². The molecule has 0 bridgehead atoms. The Morgan fingerprint density at radius 2 is 1.86 bits per heavy atom. The van der Waals surface area contributed by atoms with Gasteiger partial charge in [-0.1, -0.05) is 18.2 Å². The second-order valence-corrected chi connectivity index (χ2v) is 7.04. The SMILES string of the molecule is N#CC1=C(N)Oc2cc(N3CCCCC3)ccc2C1c1ccc([N+](=O)[O-])cc1. The van der Waals surface area contributed by atoms with Gasteiger partial charge in [-0.15, -0.1) is 0 Å². The van der Waals surface area contributed by atoms with E-state index in [9.17, 15) is 15.4 Å². The zero-order valence-corrected chi connectivity index (χ0v) is 15.3. The van der Waals surface area contributed by atoms with Gasteiger partial charge in [-0.2, -0.15) is 5.26 Å². The van der Waals surface area contributed by atoms with Crippen LogP contribution in [0.5, 0.6) is 5.75 Å². The molecule has 1 saturated heterocycles. The van der Waals surface area contributed by atoms with Gasteiger partial charge in [0.15, 0.2) is 0 Å². The van der Waals surface area contributed by atoms with Crippen molar-refractivity contribution in [2.24, 2.45) is 5.73 Å². The first kappa shape index (κ1) is 17.9. The minimum Gasteiger partial charge on any atom is -0.440 e. The van der Waals surface area contributed by atoms with Gasteiger partial charge in [-0.25, -0.2) is 0 Å². The lowest BCUT2D eigenvalue weighted by Gasteiger charge is -2.31. The van der Waals surface area contributed by atoms with Crippen molar-refractivity contribution in [3.05, 3.63) is 75.2 Å². The van der Waals surface area contributed by atoms with E-state index < -0.39 is 10.8 Å². The van der Waals surface area contributed by atoms with E-state index in [1.807, 2.05) is 18.2 Å². The number of hydrogen-bond donors (Lipinski definition) is 1. The Kier molecular flexibility index (Phi) is 4.62. The Morgan fingerprint density at radius 1 is 1.14 bits per heavy atom. The molecule has 1 fully saturated rings. The van der Waals surface area contributed by atoms with Crippen LogP contribution in [0.15, 0.2) is 53.9 Å². The summed E-state index contributed by atoms with van der Waals surface area (Å²) in [7, 11) is 0.